The summed E-state index contributed by atoms with van der Waals surface area (Å²) in [7, 11) is 0. The van der Waals surface area contributed by atoms with Crippen LogP contribution in [0.15, 0.2) is 133 Å². The van der Waals surface area contributed by atoms with Gasteiger partial charge >= 0.3 is 0 Å². The molecule has 6 aromatic carbocycles. The molecule has 8 rings (SSSR count). The monoisotopic (exact) mass is 527 g/mol. The summed E-state index contributed by atoms with van der Waals surface area (Å²) in [6.45, 7) is 4.00. The molecule has 198 valence electrons. The van der Waals surface area contributed by atoms with E-state index in [1.165, 1.54) is 71.6 Å². The van der Waals surface area contributed by atoms with Crippen molar-refractivity contribution in [2.75, 3.05) is 0 Å². The van der Waals surface area contributed by atoms with Crippen molar-refractivity contribution in [2.24, 2.45) is 0 Å². The van der Waals surface area contributed by atoms with Crippen molar-refractivity contribution >= 4 is 38.5 Å². The van der Waals surface area contributed by atoms with E-state index in [1.807, 2.05) is 13.8 Å². The number of nitrogens with zero attached hydrogens (tertiary/aromatic N) is 1. The van der Waals surface area contributed by atoms with Crippen LogP contribution < -0.4 is 0 Å². The third kappa shape index (κ3) is 4.08. The van der Waals surface area contributed by atoms with E-state index >= 15 is 0 Å². The lowest BCUT2D eigenvalue weighted by atomic mass is 9.86. The molecule has 0 spiro atoms. The molecule has 1 heterocycles. The molecule has 0 unspecified atom stereocenters. The molecule has 0 amide bonds. The zero-order chi connectivity index (χ0) is 27.8. The summed E-state index contributed by atoms with van der Waals surface area (Å²) in [6.07, 6.45) is 6.77. The third-order valence-electron chi connectivity index (χ3n) is 8.26. The number of allylic oxidation sites excluding steroid dienone is 1. The van der Waals surface area contributed by atoms with Gasteiger partial charge in [0.2, 0.25) is 0 Å². The predicted molar refractivity (Wildman–Crippen MR) is 178 cm³/mol. The Labute approximate surface area is 242 Å². The third-order valence-corrected chi connectivity index (χ3v) is 8.26. The summed E-state index contributed by atoms with van der Waals surface area (Å²) in [5, 5.41) is 6.49. The summed E-state index contributed by atoms with van der Waals surface area (Å²) >= 11 is 0. The summed E-state index contributed by atoms with van der Waals surface area (Å²) in [5.74, 6) is 0. The second kappa shape index (κ2) is 10.6. The summed E-state index contributed by atoms with van der Waals surface area (Å²) < 4.78 is 2.46. The maximum Gasteiger partial charge on any atom is 0.0537 e. The molecule has 1 heteroatoms. The van der Waals surface area contributed by atoms with Crippen LogP contribution in [0.1, 0.15) is 31.5 Å². The lowest BCUT2D eigenvalue weighted by Gasteiger charge is -2.18. The number of para-hydroxylation sites is 1. The van der Waals surface area contributed by atoms with Crippen LogP contribution in [0.2, 0.25) is 0 Å². The van der Waals surface area contributed by atoms with E-state index in [2.05, 4.69) is 144 Å². The Bertz CT molecular complexity index is 1980. The van der Waals surface area contributed by atoms with Gasteiger partial charge in [0.25, 0.3) is 0 Å². The molecule has 0 radical (unpaired) electrons. The second-order valence-corrected chi connectivity index (χ2v) is 10.4. The molecular weight excluding hydrogens is 494 g/mol. The number of fused-ring (bicyclic) bond motifs is 5. The minimum Gasteiger partial charge on any atom is -0.313 e. The van der Waals surface area contributed by atoms with Crippen molar-refractivity contribution in [3.8, 4) is 27.9 Å². The van der Waals surface area contributed by atoms with Crippen LogP contribution in [-0.2, 0) is 6.42 Å². The average molecular weight is 528 g/mol. The van der Waals surface area contributed by atoms with Crippen LogP contribution in [0, 0.1) is 0 Å². The summed E-state index contributed by atoms with van der Waals surface area (Å²) in [6, 6.07) is 46.5. The highest BCUT2D eigenvalue weighted by Gasteiger charge is 2.19. The number of benzene rings is 6. The molecule has 0 N–H and O–H groups in total. The van der Waals surface area contributed by atoms with Crippen molar-refractivity contribution in [1.82, 2.24) is 4.57 Å². The van der Waals surface area contributed by atoms with Crippen LogP contribution in [-0.4, -0.2) is 4.57 Å². The largest absolute Gasteiger partial charge is 0.313 e. The fourth-order valence-corrected chi connectivity index (χ4v) is 6.60. The molecule has 1 nitrogen and oxygen atoms in total. The Morgan fingerprint density at radius 1 is 0.488 bits per heavy atom. The van der Waals surface area contributed by atoms with Crippen LogP contribution in [0.4, 0.5) is 0 Å². The van der Waals surface area contributed by atoms with Gasteiger partial charge in [-0.2, -0.15) is 0 Å². The lowest BCUT2D eigenvalue weighted by molar-refractivity contribution is 0.888. The first-order chi connectivity index (χ1) is 20.4. The molecule has 41 heavy (non-hydrogen) atoms. The fourth-order valence-electron chi connectivity index (χ4n) is 6.60. The van der Waals surface area contributed by atoms with E-state index in [0.29, 0.717) is 0 Å². The molecule has 1 aromatic heterocycles. The number of hydrogen-bond acceptors (Lipinski definition) is 0. The van der Waals surface area contributed by atoms with Crippen molar-refractivity contribution in [1.29, 1.82) is 0 Å². The van der Waals surface area contributed by atoms with E-state index in [4.69, 9.17) is 0 Å². The highest BCUT2D eigenvalue weighted by atomic mass is 15.0. The van der Waals surface area contributed by atoms with Gasteiger partial charge in [-0.1, -0.05) is 135 Å². The topological polar surface area (TPSA) is 4.93 Å². The predicted octanol–water partition coefficient (Wildman–Crippen LogP) is 11.3. The van der Waals surface area contributed by atoms with Crippen molar-refractivity contribution in [3.05, 3.63) is 145 Å². The standard InChI is InChI=1S/C38H27N.C2H6/c1-2-12-26(13-3-1)37-31-16-4-6-18-33(31)38(34-19-7-5-17-32(34)37)27-22-24-28(25-23-27)39-35-20-10-8-14-29(35)30-15-9-11-21-36(30)39;1-2/h1-10,12-20,22-25H,11,21H2;1-2H3. The molecule has 7 aromatic rings. The Hall–Kier alpha value is -4.88. The normalized spacial score (nSPS) is 12.3. The van der Waals surface area contributed by atoms with Gasteiger partial charge in [-0.25, -0.2) is 0 Å². The molecule has 0 fully saturated rings. The van der Waals surface area contributed by atoms with Crippen LogP contribution in [0.3, 0.4) is 0 Å². The van der Waals surface area contributed by atoms with Crippen LogP contribution in [0.25, 0.3) is 66.5 Å². The number of hydrogen-bond donors (Lipinski definition) is 0. The molecule has 0 bridgehead atoms. The maximum atomic E-state index is 2.46. The Morgan fingerprint density at radius 2 is 0.976 bits per heavy atom. The van der Waals surface area contributed by atoms with Crippen LogP contribution in [0.5, 0.6) is 0 Å². The van der Waals surface area contributed by atoms with E-state index in [-0.39, 0.29) is 0 Å². The van der Waals surface area contributed by atoms with E-state index in [9.17, 15) is 0 Å². The Balaban J connectivity index is 0.00000135. The molecule has 0 atom stereocenters. The molecule has 1 aliphatic rings. The molecule has 0 saturated carbocycles. The SMILES string of the molecule is C1=Cc2c(n(-c3ccc(-c4c5ccccc5c(-c5ccccc5)c5ccccc45)cc3)c3ccccc23)CC1.CC. The Morgan fingerprint density at radius 3 is 1.56 bits per heavy atom. The first-order valence-corrected chi connectivity index (χ1v) is 14.8. The molecule has 0 saturated heterocycles. The quantitative estimate of drug-likeness (QED) is 0.201. The van der Waals surface area contributed by atoms with Gasteiger partial charge in [-0.05, 0) is 74.8 Å². The highest BCUT2D eigenvalue weighted by molar-refractivity contribution is 6.21. The Kier molecular flexibility index (Phi) is 6.49. The summed E-state index contributed by atoms with van der Waals surface area (Å²) in [4.78, 5) is 0. The van der Waals surface area contributed by atoms with Gasteiger partial charge in [0, 0.05) is 22.3 Å². The second-order valence-electron chi connectivity index (χ2n) is 10.4. The van der Waals surface area contributed by atoms with Gasteiger partial charge in [-0.15, -0.1) is 0 Å². The first kappa shape index (κ1) is 25.1. The fraction of sp³-hybridized carbons (Fsp3) is 0.100. The molecule has 0 aliphatic heterocycles. The molecular formula is C40H33N. The van der Waals surface area contributed by atoms with Crippen LogP contribution >= 0.6 is 0 Å². The van der Waals surface area contributed by atoms with Gasteiger partial charge in [0.15, 0.2) is 0 Å². The van der Waals surface area contributed by atoms with Gasteiger partial charge < -0.3 is 4.57 Å². The number of aromatic nitrogens is 1. The van der Waals surface area contributed by atoms with Gasteiger partial charge in [-0.3, -0.25) is 0 Å². The summed E-state index contributed by atoms with van der Waals surface area (Å²) in [5.41, 5.74) is 10.4. The van der Waals surface area contributed by atoms with Crippen molar-refractivity contribution < 1.29 is 0 Å². The van der Waals surface area contributed by atoms with E-state index < -0.39 is 0 Å². The highest BCUT2D eigenvalue weighted by Crippen LogP contribution is 2.44. The lowest BCUT2D eigenvalue weighted by Crippen LogP contribution is -2.02. The number of rotatable bonds is 3. The zero-order valence-electron chi connectivity index (χ0n) is 23.6. The zero-order valence-corrected chi connectivity index (χ0v) is 23.6. The van der Waals surface area contributed by atoms with E-state index in [0.717, 1.165) is 12.8 Å². The first-order valence-electron chi connectivity index (χ1n) is 14.8. The van der Waals surface area contributed by atoms with Gasteiger partial charge in [0.05, 0.1) is 5.52 Å². The average Bonchev–Trinajstić information content (AvgIpc) is 3.39. The smallest absolute Gasteiger partial charge is 0.0537 e. The minimum atomic E-state index is 1.07. The minimum absolute atomic E-state index is 1.07. The van der Waals surface area contributed by atoms with E-state index in [1.54, 1.807) is 0 Å². The van der Waals surface area contributed by atoms with Gasteiger partial charge in [0.1, 0.15) is 0 Å². The maximum absolute atomic E-state index is 2.46. The van der Waals surface area contributed by atoms with Crippen molar-refractivity contribution in [3.63, 3.8) is 0 Å². The molecule has 1 aliphatic carbocycles. The van der Waals surface area contributed by atoms with Crippen molar-refractivity contribution in [2.45, 2.75) is 26.7 Å².